The van der Waals surface area contributed by atoms with Gasteiger partial charge in [-0.2, -0.15) is 0 Å². The number of piperidine rings is 1. The summed E-state index contributed by atoms with van der Waals surface area (Å²) in [5.41, 5.74) is 1.55. The number of rotatable bonds is 3. The third-order valence-electron chi connectivity index (χ3n) is 5.96. The number of hydrogen-bond acceptors (Lipinski definition) is 2. The van der Waals surface area contributed by atoms with E-state index in [9.17, 15) is 5.11 Å². The molecule has 25 heavy (non-hydrogen) atoms. The molecule has 0 radical (unpaired) electrons. The third-order valence-corrected chi connectivity index (χ3v) is 6.46. The Bertz CT molecular complexity index is 656. The summed E-state index contributed by atoms with van der Waals surface area (Å²) in [4.78, 5) is 0. The van der Waals surface area contributed by atoms with Gasteiger partial charge in [-0.3, -0.25) is 0 Å². The molecule has 2 nitrogen and oxygen atoms in total. The van der Waals surface area contributed by atoms with Gasteiger partial charge in [-0.25, -0.2) is 0 Å². The van der Waals surface area contributed by atoms with Crippen molar-refractivity contribution >= 4 is 23.2 Å². The fraction of sp³-hybridized carbons (Fsp3) is 0.429. The quantitative estimate of drug-likeness (QED) is 0.708. The standard InChI is InChI=1S/C21H25Cl2NO/c1-4-21(25)13(2)19(15-5-9-17(22)10-6-15)24-20(14(21)3)16-7-11-18(23)12-8-16/h5-14,19-20,24-25H,4H2,1-3H3/t13-,14+,19-,20+,21?. The summed E-state index contributed by atoms with van der Waals surface area (Å²) in [5, 5.41) is 16.7. The van der Waals surface area contributed by atoms with Crippen molar-refractivity contribution in [1.82, 2.24) is 5.32 Å². The second-order valence-electron chi connectivity index (χ2n) is 7.15. The Balaban J connectivity index is 2.01. The minimum Gasteiger partial charge on any atom is -0.389 e. The summed E-state index contributed by atoms with van der Waals surface area (Å²) in [6, 6.07) is 15.9. The molecule has 5 atom stereocenters. The molecule has 0 saturated carbocycles. The molecule has 1 saturated heterocycles. The Labute approximate surface area is 160 Å². The van der Waals surface area contributed by atoms with Crippen LogP contribution in [-0.2, 0) is 0 Å². The molecule has 0 aromatic heterocycles. The van der Waals surface area contributed by atoms with Gasteiger partial charge < -0.3 is 10.4 Å². The third kappa shape index (κ3) is 3.46. The van der Waals surface area contributed by atoms with E-state index >= 15 is 0 Å². The molecule has 1 unspecified atom stereocenters. The fourth-order valence-electron chi connectivity index (χ4n) is 4.23. The van der Waals surface area contributed by atoms with Gasteiger partial charge in [0.2, 0.25) is 0 Å². The van der Waals surface area contributed by atoms with Gasteiger partial charge in [-0.15, -0.1) is 0 Å². The highest BCUT2D eigenvalue weighted by molar-refractivity contribution is 6.30. The van der Waals surface area contributed by atoms with Crippen LogP contribution < -0.4 is 5.32 Å². The summed E-state index contributed by atoms with van der Waals surface area (Å²) in [7, 11) is 0. The molecule has 0 bridgehead atoms. The van der Waals surface area contributed by atoms with Gasteiger partial charge in [0.15, 0.2) is 0 Å². The van der Waals surface area contributed by atoms with Crippen LogP contribution >= 0.6 is 23.2 Å². The molecule has 1 heterocycles. The van der Waals surface area contributed by atoms with Crippen LogP contribution in [0.2, 0.25) is 10.0 Å². The Morgan fingerprint density at radius 3 is 1.52 bits per heavy atom. The van der Waals surface area contributed by atoms with Gasteiger partial charge >= 0.3 is 0 Å². The predicted octanol–water partition coefficient (Wildman–Crippen LogP) is 5.79. The maximum atomic E-state index is 11.5. The highest BCUT2D eigenvalue weighted by Gasteiger charge is 2.49. The van der Waals surface area contributed by atoms with Crippen molar-refractivity contribution in [2.75, 3.05) is 0 Å². The summed E-state index contributed by atoms with van der Waals surface area (Å²) < 4.78 is 0. The number of halogens is 2. The van der Waals surface area contributed by atoms with Crippen LogP contribution in [0.25, 0.3) is 0 Å². The molecule has 4 heteroatoms. The lowest BCUT2D eigenvalue weighted by Crippen LogP contribution is -2.57. The lowest BCUT2D eigenvalue weighted by Gasteiger charge is -2.52. The van der Waals surface area contributed by atoms with Gasteiger partial charge in [-0.1, -0.05) is 68.2 Å². The zero-order chi connectivity index (χ0) is 18.2. The smallest absolute Gasteiger partial charge is 0.0732 e. The Morgan fingerprint density at radius 2 is 1.20 bits per heavy atom. The largest absolute Gasteiger partial charge is 0.389 e. The number of benzene rings is 2. The highest BCUT2D eigenvalue weighted by atomic mass is 35.5. The minimum atomic E-state index is -0.750. The van der Waals surface area contributed by atoms with Crippen molar-refractivity contribution < 1.29 is 5.11 Å². The van der Waals surface area contributed by atoms with Crippen molar-refractivity contribution in [1.29, 1.82) is 0 Å². The van der Waals surface area contributed by atoms with E-state index < -0.39 is 5.60 Å². The monoisotopic (exact) mass is 377 g/mol. The van der Waals surface area contributed by atoms with Crippen molar-refractivity contribution in [2.45, 2.75) is 44.9 Å². The van der Waals surface area contributed by atoms with Crippen LogP contribution in [0.4, 0.5) is 0 Å². The zero-order valence-electron chi connectivity index (χ0n) is 14.8. The molecule has 3 rings (SSSR count). The molecule has 2 N–H and O–H groups in total. The predicted molar refractivity (Wildman–Crippen MR) is 105 cm³/mol. The van der Waals surface area contributed by atoms with E-state index in [1.807, 2.05) is 48.5 Å². The van der Waals surface area contributed by atoms with Gasteiger partial charge in [0.25, 0.3) is 0 Å². The van der Waals surface area contributed by atoms with Gasteiger partial charge in [-0.05, 0) is 41.8 Å². The van der Waals surface area contributed by atoms with Crippen LogP contribution in [-0.4, -0.2) is 10.7 Å². The lowest BCUT2D eigenvalue weighted by atomic mass is 9.65. The van der Waals surface area contributed by atoms with Crippen molar-refractivity contribution in [3.63, 3.8) is 0 Å². The SMILES string of the molecule is CCC1(O)[C@H](C)[C@H](c2ccc(Cl)cc2)N[C@H](c2ccc(Cl)cc2)[C@@H]1C. The van der Waals surface area contributed by atoms with E-state index in [1.54, 1.807) is 0 Å². The zero-order valence-corrected chi connectivity index (χ0v) is 16.4. The van der Waals surface area contributed by atoms with Crippen LogP contribution in [0, 0.1) is 11.8 Å². The molecule has 0 amide bonds. The molecule has 1 aliphatic heterocycles. The molecule has 2 aromatic rings. The van der Waals surface area contributed by atoms with Crippen molar-refractivity contribution in [2.24, 2.45) is 11.8 Å². The van der Waals surface area contributed by atoms with E-state index in [1.165, 1.54) is 0 Å². The molecule has 1 fully saturated rings. The van der Waals surface area contributed by atoms with Crippen LogP contribution in [0.5, 0.6) is 0 Å². The molecule has 0 aliphatic carbocycles. The average Bonchev–Trinajstić information content (AvgIpc) is 2.62. The average molecular weight is 378 g/mol. The second-order valence-corrected chi connectivity index (χ2v) is 8.02. The summed E-state index contributed by atoms with van der Waals surface area (Å²) in [5.74, 6) is 0.162. The first-order valence-corrected chi connectivity index (χ1v) is 9.61. The molecular weight excluding hydrogens is 353 g/mol. The first-order valence-electron chi connectivity index (χ1n) is 8.86. The van der Waals surface area contributed by atoms with E-state index in [2.05, 4.69) is 26.1 Å². The van der Waals surface area contributed by atoms with Gasteiger partial charge in [0.05, 0.1) is 5.60 Å². The van der Waals surface area contributed by atoms with E-state index in [-0.39, 0.29) is 23.9 Å². The number of nitrogens with one attached hydrogen (secondary N) is 1. The fourth-order valence-corrected chi connectivity index (χ4v) is 4.48. The van der Waals surface area contributed by atoms with Crippen molar-refractivity contribution in [3.05, 3.63) is 69.7 Å². The van der Waals surface area contributed by atoms with Crippen LogP contribution in [0.3, 0.4) is 0 Å². The number of hydrogen-bond donors (Lipinski definition) is 2. The number of aliphatic hydroxyl groups is 1. The summed E-state index contributed by atoms with van der Waals surface area (Å²) in [6.45, 7) is 6.32. The lowest BCUT2D eigenvalue weighted by molar-refractivity contribution is -0.113. The minimum absolute atomic E-state index is 0.0547. The first-order chi connectivity index (χ1) is 11.9. The maximum absolute atomic E-state index is 11.5. The Kier molecular flexibility index (Phi) is 5.45. The van der Waals surface area contributed by atoms with Gasteiger partial charge in [0, 0.05) is 34.0 Å². The van der Waals surface area contributed by atoms with E-state index in [0.717, 1.165) is 21.2 Å². The van der Waals surface area contributed by atoms with Crippen LogP contribution in [0.15, 0.2) is 48.5 Å². The first kappa shape index (κ1) is 18.7. The molecule has 134 valence electrons. The molecular formula is C21H25Cl2NO. The summed E-state index contributed by atoms with van der Waals surface area (Å²) in [6.07, 6.45) is 0.713. The molecule has 2 aromatic carbocycles. The van der Waals surface area contributed by atoms with E-state index in [4.69, 9.17) is 23.2 Å². The van der Waals surface area contributed by atoms with Crippen LogP contribution in [0.1, 0.15) is 50.4 Å². The molecule has 1 aliphatic rings. The highest BCUT2D eigenvalue weighted by Crippen LogP contribution is 2.48. The Hall–Kier alpha value is -1.06. The van der Waals surface area contributed by atoms with Crippen molar-refractivity contribution in [3.8, 4) is 0 Å². The van der Waals surface area contributed by atoms with E-state index in [0.29, 0.717) is 6.42 Å². The Morgan fingerprint density at radius 1 is 0.840 bits per heavy atom. The normalized spacial score (nSPS) is 32.6. The second kappa shape index (κ2) is 7.28. The molecule has 0 spiro atoms. The summed E-state index contributed by atoms with van der Waals surface area (Å²) >= 11 is 12.1. The topological polar surface area (TPSA) is 32.3 Å². The maximum Gasteiger partial charge on any atom is 0.0732 e. The van der Waals surface area contributed by atoms with Gasteiger partial charge in [0.1, 0.15) is 0 Å².